The quantitative estimate of drug-likeness (QED) is 0.322. The van der Waals surface area contributed by atoms with E-state index in [2.05, 4.69) is 15.4 Å². The molecule has 4 N–H and O–H groups in total. The minimum Gasteiger partial charge on any atom is -0.505 e. The van der Waals surface area contributed by atoms with Crippen LogP contribution in [0.3, 0.4) is 0 Å². The number of esters is 1. The van der Waals surface area contributed by atoms with E-state index in [1.54, 1.807) is 0 Å². The first-order valence-corrected chi connectivity index (χ1v) is 6.01. The smallest absolute Gasteiger partial charge is 0.331 e. The Bertz CT molecular complexity index is 543. The fraction of sp³-hybridized carbons (Fsp3) is 0.308. The fourth-order valence-corrected chi connectivity index (χ4v) is 1.63. The van der Waals surface area contributed by atoms with Gasteiger partial charge in [-0.05, 0) is 19.1 Å². The Morgan fingerprint density at radius 1 is 1.38 bits per heavy atom. The molecular formula is C13H16N2O6. The van der Waals surface area contributed by atoms with Gasteiger partial charge in [0.05, 0.1) is 24.5 Å². The van der Waals surface area contributed by atoms with E-state index in [1.807, 2.05) is 0 Å². The number of para-hydroxylation sites is 1. The molecule has 0 saturated carbocycles. The minimum absolute atomic E-state index is 0.0457. The number of amides is 2. The average Bonchev–Trinajstić information content (AvgIpc) is 2.45. The van der Waals surface area contributed by atoms with Crippen molar-refractivity contribution in [2.24, 2.45) is 0 Å². The van der Waals surface area contributed by atoms with Crippen molar-refractivity contribution in [1.82, 2.24) is 5.32 Å². The number of carbonyl (C=O) groups is 3. The van der Waals surface area contributed by atoms with Gasteiger partial charge in [0.15, 0.2) is 11.8 Å². The number of phenolic OH excluding ortho intramolecular Hbond substituents is 1. The van der Waals surface area contributed by atoms with Gasteiger partial charge in [0, 0.05) is 0 Å². The van der Waals surface area contributed by atoms with Crippen LogP contribution in [-0.2, 0) is 14.3 Å². The summed E-state index contributed by atoms with van der Waals surface area (Å²) in [5, 5.41) is 23.8. The topological polar surface area (TPSA) is 125 Å². The lowest BCUT2D eigenvalue weighted by Gasteiger charge is -2.19. The summed E-state index contributed by atoms with van der Waals surface area (Å²) < 4.78 is 4.47. The molecule has 0 spiro atoms. The largest absolute Gasteiger partial charge is 0.505 e. The second kappa shape index (κ2) is 7.25. The second-order valence-electron chi connectivity index (χ2n) is 4.18. The van der Waals surface area contributed by atoms with Crippen LogP contribution in [-0.4, -0.2) is 47.8 Å². The van der Waals surface area contributed by atoms with Gasteiger partial charge in [-0.25, -0.2) is 4.79 Å². The number of hydrogen-bond acceptors (Lipinski definition) is 6. The molecule has 2 amide bonds. The van der Waals surface area contributed by atoms with Crippen LogP contribution >= 0.6 is 0 Å². The SMILES string of the molecule is COC(=O)[C@@H](NC(=O)c1cccc(NC=O)c1O)[C@H](C)O. The Labute approximate surface area is 120 Å². The highest BCUT2D eigenvalue weighted by molar-refractivity contribution is 6.01. The van der Waals surface area contributed by atoms with E-state index >= 15 is 0 Å². The number of benzene rings is 1. The number of aliphatic hydroxyl groups excluding tert-OH is 1. The molecule has 8 heteroatoms. The molecular weight excluding hydrogens is 280 g/mol. The minimum atomic E-state index is -1.27. The Balaban J connectivity index is 3.00. The van der Waals surface area contributed by atoms with E-state index in [1.165, 1.54) is 25.1 Å². The van der Waals surface area contributed by atoms with E-state index < -0.39 is 29.8 Å². The summed E-state index contributed by atoms with van der Waals surface area (Å²) in [6, 6.07) is 2.87. The van der Waals surface area contributed by atoms with Crippen molar-refractivity contribution >= 4 is 24.0 Å². The number of nitrogens with one attached hydrogen (secondary N) is 2. The molecule has 2 atom stereocenters. The van der Waals surface area contributed by atoms with Crippen LogP contribution in [0.15, 0.2) is 18.2 Å². The summed E-state index contributed by atoms with van der Waals surface area (Å²) in [4.78, 5) is 33.9. The summed E-state index contributed by atoms with van der Waals surface area (Å²) in [5.74, 6) is -2.06. The van der Waals surface area contributed by atoms with Gasteiger partial charge in [-0.3, -0.25) is 9.59 Å². The number of rotatable bonds is 6. The maximum atomic E-state index is 12.1. The number of phenols is 1. The first-order valence-electron chi connectivity index (χ1n) is 6.01. The first kappa shape index (κ1) is 16.4. The van der Waals surface area contributed by atoms with Crippen LogP contribution in [0.25, 0.3) is 0 Å². The first-order chi connectivity index (χ1) is 9.92. The standard InChI is InChI=1S/C13H16N2O6/c1-7(17)10(13(20)21-2)15-12(19)8-4-3-5-9(11(8)18)14-6-16/h3-7,10,17-18H,1-2H3,(H,14,16)(H,15,19)/t7-,10-/m0/s1. The van der Waals surface area contributed by atoms with Crippen molar-refractivity contribution in [2.75, 3.05) is 12.4 Å². The van der Waals surface area contributed by atoms with Crippen LogP contribution in [0.2, 0.25) is 0 Å². The third-order valence-electron chi connectivity index (χ3n) is 2.72. The monoisotopic (exact) mass is 296 g/mol. The fourth-order valence-electron chi connectivity index (χ4n) is 1.63. The van der Waals surface area contributed by atoms with E-state index in [0.717, 1.165) is 7.11 Å². The molecule has 0 aliphatic heterocycles. The average molecular weight is 296 g/mol. The van der Waals surface area contributed by atoms with Gasteiger partial charge in [-0.1, -0.05) is 6.07 Å². The summed E-state index contributed by atoms with van der Waals surface area (Å²) in [7, 11) is 1.12. The lowest BCUT2D eigenvalue weighted by Crippen LogP contribution is -2.48. The second-order valence-corrected chi connectivity index (χ2v) is 4.18. The van der Waals surface area contributed by atoms with Crippen LogP contribution in [0.1, 0.15) is 17.3 Å². The molecule has 0 fully saturated rings. The third-order valence-corrected chi connectivity index (χ3v) is 2.72. The van der Waals surface area contributed by atoms with Crippen molar-refractivity contribution in [2.45, 2.75) is 19.1 Å². The Kier molecular flexibility index (Phi) is 5.67. The summed E-state index contributed by atoms with van der Waals surface area (Å²) in [6.45, 7) is 1.31. The molecule has 0 aliphatic rings. The highest BCUT2D eigenvalue weighted by atomic mass is 16.5. The van der Waals surface area contributed by atoms with Gasteiger partial charge in [0.2, 0.25) is 6.41 Å². The number of carbonyl (C=O) groups excluding carboxylic acids is 3. The molecule has 21 heavy (non-hydrogen) atoms. The summed E-state index contributed by atoms with van der Waals surface area (Å²) in [5.41, 5.74) is -0.110. The molecule has 8 nitrogen and oxygen atoms in total. The summed E-state index contributed by atoms with van der Waals surface area (Å²) >= 11 is 0. The zero-order valence-corrected chi connectivity index (χ0v) is 11.5. The molecule has 114 valence electrons. The van der Waals surface area contributed by atoms with Crippen molar-refractivity contribution in [3.63, 3.8) is 0 Å². The lowest BCUT2D eigenvalue weighted by atomic mass is 10.1. The Morgan fingerprint density at radius 3 is 2.57 bits per heavy atom. The predicted molar refractivity (Wildman–Crippen MR) is 72.7 cm³/mol. The highest BCUT2D eigenvalue weighted by Gasteiger charge is 2.28. The van der Waals surface area contributed by atoms with E-state index in [9.17, 15) is 24.6 Å². The van der Waals surface area contributed by atoms with Crippen LogP contribution in [0, 0.1) is 0 Å². The molecule has 0 heterocycles. The van der Waals surface area contributed by atoms with Crippen LogP contribution in [0.4, 0.5) is 5.69 Å². The van der Waals surface area contributed by atoms with E-state index in [4.69, 9.17) is 0 Å². The molecule has 0 aromatic heterocycles. The molecule has 0 bridgehead atoms. The van der Waals surface area contributed by atoms with E-state index in [-0.39, 0.29) is 11.3 Å². The van der Waals surface area contributed by atoms with Gasteiger partial charge in [-0.2, -0.15) is 0 Å². The molecule has 0 saturated heterocycles. The molecule has 1 rings (SSSR count). The van der Waals surface area contributed by atoms with Gasteiger partial charge in [0.25, 0.3) is 5.91 Å². The zero-order chi connectivity index (χ0) is 16.0. The molecule has 1 aromatic carbocycles. The van der Waals surface area contributed by atoms with Gasteiger partial charge in [0.1, 0.15) is 0 Å². The molecule has 0 aliphatic carbocycles. The molecule has 1 aromatic rings. The normalized spacial score (nSPS) is 12.9. The van der Waals surface area contributed by atoms with Crippen molar-refractivity contribution < 1.29 is 29.3 Å². The number of hydrogen-bond donors (Lipinski definition) is 4. The number of ether oxygens (including phenoxy) is 1. The Hall–Kier alpha value is -2.61. The number of aromatic hydroxyl groups is 1. The molecule has 0 unspecified atom stereocenters. The van der Waals surface area contributed by atoms with Crippen LogP contribution in [0.5, 0.6) is 5.75 Å². The number of anilines is 1. The maximum Gasteiger partial charge on any atom is 0.331 e. The van der Waals surface area contributed by atoms with Crippen LogP contribution < -0.4 is 10.6 Å². The van der Waals surface area contributed by atoms with Gasteiger partial charge < -0.3 is 25.6 Å². The van der Waals surface area contributed by atoms with Crippen molar-refractivity contribution in [1.29, 1.82) is 0 Å². The third kappa shape index (κ3) is 3.93. The zero-order valence-electron chi connectivity index (χ0n) is 11.5. The van der Waals surface area contributed by atoms with E-state index in [0.29, 0.717) is 6.41 Å². The Morgan fingerprint density at radius 2 is 2.05 bits per heavy atom. The number of aliphatic hydroxyl groups is 1. The highest BCUT2D eigenvalue weighted by Crippen LogP contribution is 2.26. The molecule has 0 radical (unpaired) electrons. The summed E-state index contributed by atoms with van der Waals surface area (Å²) in [6.07, 6.45) is -0.830. The maximum absolute atomic E-state index is 12.1. The lowest BCUT2D eigenvalue weighted by molar-refractivity contribution is -0.145. The van der Waals surface area contributed by atoms with Gasteiger partial charge in [-0.15, -0.1) is 0 Å². The van der Waals surface area contributed by atoms with Crippen molar-refractivity contribution in [3.8, 4) is 5.75 Å². The predicted octanol–water partition coefficient (Wildman–Crippen LogP) is -0.387. The van der Waals surface area contributed by atoms with Gasteiger partial charge >= 0.3 is 5.97 Å². The number of methoxy groups -OCH3 is 1. The van der Waals surface area contributed by atoms with Crippen molar-refractivity contribution in [3.05, 3.63) is 23.8 Å².